The highest BCUT2D eigenvalue weighted by molar-refractivity contribution is 7.92. The number of ketones is 2. The number of fused-ring (bicyclic) bond motifs is 3. The number of hydrogen-bond acceptors (Lipinski definition) is 10. The fourth-order valence-electron chi connectivity index (χ4n) is 5.98. The quantitative estimate of drug-likeness (QED) is 0.0627. The van der Waals surface area contributed by atoms with Crippen LogP contribution >= 0.6 is 23.2 Å². The molecule has 0 spiro atoms. The van der Waals surface area contributed by atoms with Crippen LogP contribution in [-0.2, 0) is 36.4 Å². The highest BCUT2D eigenvalue weighted by Gasteiger charge is 2.56. The predicted molar refractivity (Wildman–Crippen MR) is 187 cm³/mol. The van der Waals surface area contributed by atoms with E-state index in [2.05, 4.69) is 22.1 Å². The number of Topliss-reactive ketones (excluding diaryl/α,β-unsaturated/α-hetero) is 1. The lowest BCUT2D eigenvalue weighted by atomic mass is 9.70. The number of phenols is 1. The zero-order valence-electron chi connectivity index (χ0n) is 27.6. The summed E-state index contributed by atoms with van der Waals surface area (Å²) in [6.45, 7) is 10.2. The van der Waals surface area contributed by atoms with Crippen LogP contribution in [0.5, 0.6) is 17.2 Å². The first-order valence-electron chi connectivity index (χ1n) is 15.0. The van der Waals surface area contributed by atoms with Crippen molar-refractivity contribution in [2.45, 2.75) is 44.6 Å². The van der Waals surface area contributed by atoms with Gasteiger partial charge in [0, 0.05) is 35.1 Å². The van der Waals surface area contributed by atoms with Crippen molar-refractivity contribution in [3.05, 3.63) is 110 Å². The number of nitrogens with one attached hydrogen (secondary N) is 3. The van der Waals surface area contributed by atoms with Gasteiger partial charge in [0.15, 0.2) is 17.3 Å². The number of carbonyl (C=O) groups excluding carboxylic acids is 3. The molecule has 0 unspecified atom stereocenters. The molecule has 0 aromatic heterocycles. The van der Waals surface area contributed by atoms with Gasteiger partial charge in [-0.3, -0.25) is 29.4 Å². The van der Waals surface area contributed by atoms with Crippen molar-refractivity contribution in [2.75, 3.05) is 18.4 Å². The lowest BCUT2D eigenvalue weighted by Gasteiger charge is -2.28. The fraction of sp³-hybridized carbons (Fsp3) is 0.229. The zero-order valence-corrected chi connectivity index (χ0v) is 29.9. The third kappa shape index (κ3) is 6.44. The Morgan fingerprint density at radius 1 is 1.12 bits per heavy atom. The minimum Gasteiger partial charge on any atom is -0.507 e. The highest BCUT2D eigenvalue weighted by atomic mass is 35.5. The summed E-state index contributed by atoms with van der Waals surface area (Å²) >= 11 is 12.0. The average Bonchev–Trinajstić information content (AvgIpc) is 3.33. The number of halogens is 2. The second-order valence-electron chi connectivity index (χ2n) is 11.8. The maximum absolute atomic E-state index is 14.0. The van der Waals surface area contributed by atoms with Gasteiger partial charge in [-0.05, 0) is 74.7 Å². The Hall–Kier alpha value is -4.82. The second-order valence-corrected chi connectivity index (χ2v) is 14.3. The molecule has 15 heteroatoms. The highest BCUT2D eigenvalue weighted by Crippen LogP contribution is 2.56. The summed E-state index contributed by atoms with van der Waals surface area (Å²) in [5.41, 5.74) is 3.06. The summed E-state index contributed by atoms with van der Waals surface area (Å²) in [6.07, 6.45) is 2.63. The number of hydroxylamine groups is 1. The third-order valence-corrected chi connectivity index (χ3v) is 10.5. The fourth-order valence-corrected chi connectivity index (χ4v) is 7.79. The number of hydrogen-bond donors (Lipinski definition) is 4. The van der Waals surface area contributed by atoms with Gasteiger partial charge in [-0.25, -0.2) is 8.42 Å². The van der Waals surface area contributed by atoms with E-state index in [9.17, 15) is 27.9 Å². The smallest absolute Gasteiger partial charge is 0.263 e. The van der Waals surface area contributed by atoms with E-state index in [1.807, 2.05) is 0 Å². The van der Waals surface area contributed by atoms with Crippen LogP contribution in [0.2, 0.25) is 10.0 Å². The first-order chi connectivity index (χ1) is 23.5. The number of aromatic hydroxyl groups is 1. The van der Waals surface area contributed by atoms with Gasteiger partial charge in [0.05, 0.1) is 29.9 Å². The van der Waals surface area contributed by atoms with E-state index < -0.39 is 32.9 Å². The van der Waals surface area contributed by atoms with E-state index in [1.54, 1.807) is 26.0 Å². The van der Waals surface area contributed by atoms with Gasteiger partial charge in [-0.1, -0.05) is 29.3 Å². The van der Waals surface area contributed by atoms with Crippen LogP contribution in [-0.4, -0.2) is 44.7 Å². The van der Waals surface area contributed by atoms with Gasteiger partial charge in [-0.2, -0.15) is 0 Å². The second kappa shape index (κ2) is 13.8. The minimum atomic E-state index is -4.05. The molecule has 12 nitrogen and oxygen atoms in total. The number of aryl methyl sites for hydroxylation is 2. The van der Waals surface area contributed by atoms with Gasteiger partial charge in [0.25, 0.3) is 15.9 Å². The van der Waals surface area contributed by atoms with E-state index in [0.29, 0.717) is 21.7 Å². The minimum absolute atomic E-state index is 0.00514. The summed E-state index contributed by atoms with van der Waals surface area (Å²) in [7, 11) is -2.74. The topological polar surface area (TPSA) is 169 Å². The number of rotatable bonds is 11. The molecule has 1 aliphatic carbocycles. The molecule has 0 radical (unpaired) electrons. The van der Waals surface area contributed by atoms with Gasteiger partial charge >= 0.3 is 0 Å². The van der Waals surface area contributed by atoms with Gasteiger partial charge in [0.2, 0.25) is 0 Å². The molecule has 0 saturated carbocycles. The summed E-state index contributed by atoms with van der Waals surface area (Å²) in [6, 6.07) is 8.50. The molecule has 4 N–H and O–H groups in total. The Balaban J connectivity index is 1.44. The number of carbonyl (C=O) groups is 3. The first-order valence-corrected chi connectivity index (χ1v) is 17.3. The van der Waals surface area contributed by atoms with Crippen molar-refractivity contribution in [1.29, 1.82) is 0 Å². The Bertz CT molecular complexity index is 2140. The largest absolute Gasteiger partial charge is 0.507 e. The van der Waals surface area contributed by atoms with E-state index >= 15 is 0 Å². The Kier molecular flexibility index (Phi) is 10.1. The van der Waals surface area contributed by atoms with Crippen LogP contribution in [0.15, 0.2) is 77.1 Å². The van der Waals surface area contributed by atoms with E-state index in [1.165, 1.54) is 51.3 Å². The monoisotopic (exact) mass is 741 g/mol. The zero-order chi connectivity index (χ0) is 36.7. The van der Waals surface area contributed by atoms with Crippen molar-refractivity contribution >= 4 is 56.4 Å². The maximum Gasteiger partial charge on any atom is 0.263 e. The molecule has 5 rings (SSSR count). The van der Waals surface area contributed by atoms with Crippen LogP contribution in [0.3, 0.4) is 0 Å². The lowest BCUT2D eigenvalue weighted by molar-refractivity contribution is -0.123. The number of methoxy groups -OCH3 is 1. The molecule has 1 aliphatic heterocycles. The van der Waals surface area contributed by atoms with Gasteiger partial charge in [-0.15, -0.1) is 6.58 Å². The number of anilines is 1. The third-order valence-electron chi connectivity index (χ3n) is 8.42. The Labute approximate surface area is 298 Å². The van der Waals surface area contributed by atoms with Crippen molar-refractivity contribution < 1.29 is 42.2 Å². The van der Waals surface area contributed by atoms with Crippen molar-refractivity contribution in [2.24, 2.45) is 0 Å². The normalized spacial score (nSPS) is 17.6. The summed E-state index contributed by atoms with van der Waals surface area (Å²) in [4.78, 5) is 46.0. The number of allylic oxidation sites excluding steroid dienone is 4. The summed E-state index contributed by atoms with van der Waals surface area (Å²) < 4.78 is 40.1. The number of amides is 1. The standard InChI is InChI=1S/C35H33Cl2N3O9S/c1-7-10-48-39-19(4)29-24(41)15-28-35(5,33(29)43)31-25(42)14-26(47-6)30(32(31)49-28)34(44)38-16-22-17(2)11-21(12-18(22)3)40-50(45,46)27-9-8-20(36)13-23(27)37/h7-9,11-15,39-40,42H,1,10,16H2,2-6H3,(H,38,44)/t35-/m1/s1. The number of sulfonamides is 1. The van der Waals surface area contributed by atoms with Crippen LogP contribution in [0.25, 0.3) is 0 Å². The van der Waals surface area contributed by atoms with Crippen LogP contribution in [0.1, 0.15) is 46.5 Å². The molecule has 50 heavy (non-hydrogen) atoms. The number of phenolic OH excluding ortho intramolecular Hbond substituents is 1. The van der Waals surface area contributed by atoms with Crippen molar-refractivity contribution in [3.8, 4) is 17.2 Å². The Morgan fingerprint density at radius 2 is 1.80 bits per heavy atom. The number of ether oxygens (including phenoxy) is 2. The molecule has 3 aromatic carbocycles. The van der Waals surface area contributed by atoms with Crippen molar-refractivity contribution in [3.63, 3.8) is 0 Å². The summed E-state index contributed by atoms with van der Waals surface area (Å²) in [5.74, 6) is -2.58. The van der Waals surface area contributed by atoms with E-state index in [0.717, 1.165) is 6.08 Å². The van der Waals surface area contributed by atoms with Crippen LogP contribution < -0.4 is 25.0 Å². The average molecular weight is 743 g/mol. The molecular formula is C35H33Cl2N3O9S. The van der Waals surface area contributed by atoms with Crippen LogP contribution in [0, 0.1) is 13.8 Å². The SMILES string of the molecule is C=CCONC(C)=C1C(=O)C=C2Oc3c(C(=O)NCc4c(C)cc(NS(=O)(=O)c5ccc(Cl)cc5Cl)cc4C)c(OC)cc(O)c3[C@]2(C)C1=O. The van der Waals surface area contributed by atoms with Crippen molar-refractivity contribution in [1.82, 2.24) is 10.8 Å². The maximum atomic E-state index is 14.0. The first kappa shape index (κ1) is 36.5. The molecule has 2 aliphatic rings. The Morgan fingerprint density at radius 3 is 2.42 bits per heavy atom. The van der Waals surface area contributed by atoms with E-state index in [-0.39, 0.29) is 74.2 Å². The molecule has 262 valence electrons. The molecule has 1 heterocycles. The molecular weight excluding hydrogens is 709 g/mol. The van der Waals surface area contributed by atoms with Gasteiger partial charge in [0.1, 0.15) is 33.1 Å². The predicted octanol–water partition coefficient (Wildman–Crippen LogP) is 5.72. The molecule has 3 aromatic rings. The molecule has 0 bridgehead atoms. The molecule has 1 amide bonds. The lowest BCUT2D eigenvalue weighted by Crippen LogP contribution is -2.41. The number of benzene rings is 3. The molecule has 1 atom stereocenters. The van der Waals surface area contributed by atoms with Crippen LogP contribution in [0.4, 0.5) is 5.69 Å². The van der Waals surface area contributed by atoms with Gasteiger partial charge < -0.3 is 19.9 Å². The molecule has 0 saturated heterocycles. The summed E-state index contributed by atoms with van der Waals surface area (Å²) in [5, 5.41) is 14.2. The molecule has 0 fully saturated rings. The van der Waals surface area contributed by atoms with E-state index in [4.69, 9.17) is 37.5 Å².